The summed E-state index contributed by atoms with van der Waals surface area (Å²) in [4.78, 5) is 15.8. The van der Waals surface area contributed by atoms with Gasteiger partial charge in [-0.1, -0.05) is 24.3 Å². The van der Waals surface area contributed by atoms with Gasteiger partial charge in [-0.15, -0.1) is 0 Å². The molecule has 0 saturated heterocycles. The van der Waals surface area contributed by atoms with Crippen LogP contribution in [-0.4, -0.2) is 18.0 Å². The lowest BCUT2D eigenvalue weighted by Gasteiger charge is -2.08. The summed E-state index contributed by atoms with van der Waals surface area (Å²) >= 11 is 0. The maximum Gasteiger partial charge on any atom is 0.224 e. The van der Waals surface area contributed by atoms with Crippen LogP contribution in [0.3, 0.4) is 0 Å². The number of pyridine rings is 1. The van der Waals surface area contributed by atoms with Gasteiger partial charge in [0.2, 0.25) is 11.8 Å². The third kappa shape index (κ3) is 3.54. The van der Waals surface area contributed by atoms with Gasteiger partial charge in [0.1, 0.15) is 5.82 Å². The van der Waals surface area contributed by atoms with Crippen LogP contribution in [0.1, 0.15) is 11.1 Å². The lowest BCUT2D eigenvalue weighted by atomic mass is 10.1. The third-order valence-electron chi connectivity index (χ3n) is 2.83. The first-order valence-corrected chi connectivity index (χ1v) is 6.18. The van der Waals surface area contributed by atoms with E-state index in [1.54, 1.807) is 30.5 Å². The number of carbonyl (C=O) groups is 1. The van der Waals surface area contributed by atoms with Crippen molar-refractivity contribution in [3.05, 3.63) is 59.5 Å². The van der Waals surface area contributed by atoms with Gasteiger partial charge >= 0.3 is 0 Å². The monoisotopic (exact) mass is 274 g/mol. The molecular weight excluding hydrogens is 259 g/mol. The Bertz CT molecular complexity index is 602. The number of hydrogen-bond acceptors (Lipinski definition) is 3. The molecule has 4 nitrogen and oxygen atoms in total. The van der Waals surface area contributed by atoms with E-state index in [0.29, 0.717) is 18.0 Å². The standard InChI is InChI=1S/C15H15FN2O2/c1-20-15-12(6-4-8-17-15)10-18-14(19)9-11-5-2-3-7-13(11)16/h2-8H,9-10H2,1H3,(H,18,19). The molecule has 0 bridgehead atoms. The van der Waals surface area contributed by atoms with Crippen LogP contribution in [0.15, 0.2) is 42.6 Å². The number of aromatic nitrogens is 1. The Morgan fingerprint density at radius 1 is 1.25 bits per heavy atom. The largest absolute Gasteiger partial charge is 0.481 e. The van der Waals surface area contributed by atoms with Gasteiger partial charge in [-0.05, 0) is 17.7 Å². The molecule has 1 N–H and O–H groups in total. The Hall–Kier alpha value is -2.43. The number of carbonyl (C=O) groups excluding carboxylic acids is 1. The molecule has 0 aliphatic carbocycles. The lowest BCUT2D eigenvalue weighted by molar-refractivity contribution is -0.120. The molecule has 0 saturated carbocycles. The summed E-state index contributed by atoms with van der Waals surface area (Å²) in [5.41, 5.74) is 1.15. The summed E-state index contributed by atoms with van der Waals surface area (Å²) in [5, 5.41) is 2.72. The van der Waals surface area contributed by atoms with Crippen LogP contribution < -0.4 is 10.1 Å². The number of amides is 1. The normalized spacial score (nSPS) is 10.1. The number of hydrogen-bond donors (Lipinski definition) is 1. The first kappa shape index (κ1) is 14.0. The number of benzene rings is 1. The number of rotatable bonds is 5. The smallest absolute Gasteiger partial charge is 0.224 e. The van der Waals surface area contributed by atoms with Crippen molar-refractivity contribution >= 4 is 5.91 Å². The zero-order valence-electron chi connectivity index (χ0n) is 11.1. The van der Waals surface area contributed by atoms with E-state index in [1.165, 1.54) is 13.2 Å². The summed E-state index contributed by atoms with van der Waals surface area (Å²) in [6.07, 6.45) is 1.62. The van der Waals surface area contributed by atoms with Crippen molar-refractivity contribution in [3.8, 4) is 5.88 Å². The molecule has 0 radical (unpaired) electrons. The van der Waals surface area contributed by atoms with E-state index in [9.17, 15) is 9.18 Å². The van der Waals surface area contributed by atoms with Crippen molar-refractivity contribution in [2.75, 3.05) is 7.11 Å². The molecule has 1 aromatic carbocycles. The van der Waals surface area contributed by atoms with Gasteiger partial charge in [0.05, 0.1) is 13.5 Å². The fraction of sp³-hybridized carbons (Fsp3) is 0.200. The molecule has 104 valence electrons. The molecule has 5 heteroatoms. The van der Waals surface area contributed by atoms with E-state index in [2.05, 4.69) is 10.3 Å². The van der Waals surface area contributed by atoms with Gasteiger partial charge in [0.15, 0.2) is 0 Å². The average molecular weight is 274 g/mol. The first-order chi connectivity index (χ1) is 9.70. The van der Waals surface area contributed by atoms with Gasteiger partial charge in [0, 0.05) is 18.3 Å². The van der Waals surface area contributed by atoms with Gasteiger partial charge in [-0.25, -0.2) is 9.37 Å². The van der Waals surface area contributed by atoms with Gasteiger partial charge in [-0.3, -0.25) is 4.79 Å². The van der Waals surface area contributed by atoms with Crippen LogP contribution >= 0.6 is 0 Å². The molecule has 20 heavy (non-hydrogen) atoms. The molecule has 0 aliphatic rings. The average Bonchev–Trinajstić information content (AvgIpc) is 2.48. The van der Waals surface area contributed by atoms with E-state index in [1.807, 2.05) is 6.07 Å². The van der Waals surface area contributed by atoms with Crippen molar-refractivity contribution in [3.63, 3.8) is 0 Å². The van der Waals surface area contributed by atoms with Crippen molar-refractivity contribution < 1.29 is 13.9 Å². The molecule has 1 heterocycles. The molecule has 0 fully saturated rings. The topological polar surface area (TPSA) is 51.2 Å². The van der Waals surface area contributed by atoms with E-state index >= 15 is 0 Å². The third-order valence-corrected chi connectivity index (χ3v) is 2.83. The maximum atomic E-state index is 13.4. The Morgan fingerprint density at radius 2 is 2.00 bits per heavy atom. The Kier molecular flexibility index (Phi) is 4.65. The number of nitrogens with one attached hydrogen (secondary N) is 1. The van der Waals surface area contributed by atoms with Crippen molar-refractivity contribution in [2.24, 2.45) is 0 Å². The van der Waals surface area contributed by atoms with Crippen LogP contribution in [0.4, 0.5) is 4.39 Å². The number of ether oxygens (including phenoxy) is 1. The molecular formula is C15H15FN2O2. The minimum Gasteiger partial charge on any atom is -0.481 e. The molecule has 2 aromatic rings. The van der Waals surface area contributed by atoms with Crippen LogP contribution in [0, 0.1) is 5.82 Å². The zero-order valence-corrected chi connectivity index (χ0v) is 11.1. The molecule has 0 unspecified atom stereocenters. The Labute approximate surface area is 116 Å². The second kappa shape index (κ2) is 6.65. The fourth-order valence-electron chi connectivity index (χ4n) is 1.81. The molecule has 2 rings (SSSR count). The summed E-state index contributed by atoms with van der Waals surface area (Å²) in [7, 11) is 1.52. The fourth-order valence-corrected chi connectivity index (χ4v) is 1.81. The highest BCUT2D eigenvalue weighted by atomic mass is 19.1. The predicted molar refractivity (Wildman–Crippen MR) is 72.7 cm³/mol. The maximum absolute atomic E-state index is 13.4. The minimum absolute atomic E-state index is 0.00918. The molecule has 1 amide bonds. The molecule has 0 aliphatic heterocycles. The highest BCUT2D eigenvalue weighted by Gasteiger charge is 2.09. The summed E-state index contributed by atoms with van der Waals surface area (Å²) in [6, 6.07) is 9.81. The van der Waals surface area contributed by atoms with Gasteiger partial charge < -0.3 is 10.1 Å². The predicted octanol–water partition coefficient (Wildman–Crippen LogP) is 2.09. The molecule has 1 aromatic heterocycles. The number of nitrogens with zero attached hydrogens (tertiary/aromatic N) is 1. The van der Waals surface area contributed by atoms with Gasteiger partial charge in [0.25, 0.3) is 0 Å². The van der Waals surface area contributed by atoms with Crippen LogP contribution in [0.2, 0.25) is 0 Å². The summed E-state index contributed by atoms with van der Waals surface area (Å²) in [5.74, 6) is -0.152. The van der Waals surface area contributed by atoms with Crippen LogP contribution in [0.5, 0.6) is 5.88 Å². The molecule has 0 spiro atoms. The van der Waals surface area contributed by atoms with Crippen molar-refractivity contribution in [1.29, 1.82) is 0 Å². The van der Waals surface area contributed by atoms with E-state index < -0.39 is 0 Å². The highest BCUT2D eigenvalue weighted by Crippen LogP contribution is 2.13. The summed E-state index contributed by atoms with van der Waals surface area (Å²) < 4.78 is 18.5. The SMILES string of the molecule is COc1ncccc1CNC(=O)Cc1ccccc1F. The number of methoxy groups -OCH3 is 1. The lowest BCUT2D eigenvalue weighted by Crippen LogP contribution is -2.25. The minimum atomic E-state index is -0.374. The van der Waals surface area contributed by atoms with E-state index in [0.717, 1.165) is 5.56 Å². The first-order valence-electron chi connectivity index (χ1n) is 6.18. The highest BCUT2D eigenvalue weighted by molar-refractivity contribution is 5.78. The van der Waals surface area contributed by atoms with Crippen LogP contribution in [0.25, 0.3) is 0 Å². The number of halogens is 1. The van der Waals surface area contributed by atoms with Crippen molar-refractivity contribution in [1.82, 2.24) is 10.3 Å². The summed E-state index contributed by atoms with van der Waals surface area (Å²) in [6.45, 7) is 0.296. The Balaban J connectivity index is 1.94. The van der Waals surface area contributed by atoms with Gasteiger partial charge in [-0.2, -0.15) is 0 Å². The quantitative estimate of drug-likeness (QED) is 0.908. The van der Waals surface area contributed by atoms with Crippen LogP contribution in [-0.2, 0) is 17.8 Å². The second-order valence-electron chi connectivity index (χ2n) is 4.22. The van der Waals surface area contributed by atoms with E-state index in [4.69, 9.17) is 4.74 Å². The Morgan fingerprint density at radius 3 is 2.75 bits per heavy atom. The van der Waals surface area contributed by atoms with Crippen molar-refractivity contribution in [2.45, 2.75) is 13.0 Å². The zero-order chi connectivity index (χ0) is 14.4. The van der Waals surface area contributed by atoms with E-state index in [-0.39, 0.29) is 18.1 Å². The second-order valence-corrected chi connectivity index (χ2v) is 4.22. The molecule has 0 atom stereocenters.